The van der Waals surface area contributed by atoms with Crippen LogP contribution in [0, 0.1) is 26.2 Å². The quantitative estimate of drug-likeness (QED) is 0.831. The highest BCUT2D eigenvalue weighted by Gasteiger charge is 2.40. The van der Waals surface area contributed by atoms with Crippen molar-refractivity contribution in [3.05, 3.63) is 34.6 Å². The molecule has 25 heavy (non-hydrogen) atoms. The molecule has 1 spiro atoms. The molecule has 0 radical (unpaired) electrons. The summed E-state index contributed by atoms with van der Waals surface area (Å²) in [4.78, 5) is 15.0. The van der Waals surface area contributed by atoms with Crippen molar-refractivity contribution in [1.29, 1.82) is 0 Å². The number of carbonyl (C=O) groups excluding carboxylic acids is 1. The molecule has 1 aromatic carbocycles. The number of fused-ring (bicyclic) bond motifs is 1. The SMILES string of the molecule is Cc1cc(C)c2c(CC(=O)N3CCCC4(CCOC4)C3)coc2c1C. The van der Waals surface area contributed by atoms with Gasteiger partial charge in [-0.2, -0.15) is 0 Å². The van der Waals surface area contributed by atoms with Gasteiger partial charge in [0.05, 0.1) is 19.3 Å². The van der Waals surface area contributed by atoms with Gasteiger partial charge in [0.25, 0.3) is 0 Å². The predicted octanol–water partition coefficient (Wildman–Crippen LogP) is 3.93. The maximum absolute atomic E-state index is 13.0. The molecule has 2 aliphatic rings. The normalized spacial score (nSPS) is 23.7. The van der Waals surface area contributed by atoms with Crippen molar-refractivity contribution >= 4 is 16.9 Å². The number of amides is 1. The Morgan fingerprint density at radius 3 is 2.84 bits per heavy atom. The van der Waals surface area contributed by atoms with E-state index in [4.69, 9.17) is 9.15 Å². The molecule has 0 aliphatic carbocycles. The van der Waals surface area contributed by atoms with Gasteiger partial charge in [0.1, 0.15) is 5.58 Å². The Balaban J connectivity index is 1.57. The summed E-state index contributed by atoms with van der Waals surface area (Å²) in [5, 5.41) is 1.12. The maximum Gasteiger partial charge on any atom is 0.227 e. The topological polar surface area (TPSA) is 42.7 Å². The third-order valence-corrected chi connectivity index (χ3v) is 6.17. The van der Waals surface area contributed by atoms with Crippen molar-refractivity contribution in [1.82, 2.24) is 4.90 Å². The maximum atomic E-state index is 13.0. The number of benzene rings is 1. The Hall–Kier alpha value is -1.81. The number of furan rings is 1. The monoisotopic (exact) mass is 341 g/mol. The van der Waals surface area contributed by atoms with Gasteiger partial charge in [0, 0.05) is 36.1 Å². The van der Waals surface area contributed by atoms with E-state index in [1.54, 1.807) is 6.26 Å². The van der Waals surface area contributed by atoms with Crippen LogP contribution in [0.4, 0.5) is 0 Å². The fourth-order valence-corrected chi connectivity index (χ4v) is 4.58. The summed E-state index contributed by atoms with van der Waals surface area (Å²) in [5.41, 5.74) is 5.74. The first-order chi connectivity index (χ1) is 12.0. The molecule has 4 rings (SSSR count). The molecule has 4 heteroatoms. The molecular weight excluding hydrogens is 314 g/mol. The molecule has 0 N–H and O–H groups in total. The Labute approximate surface area is 149 Å². The van der Waals surface area contributed by atoms with Crippen LogP contribution in [0.15, 0.2) is 16.7 Å². The van der Waals surface area contributed by atoms with Crippen molar-refractivity contribution < 1.29 is 13.9 Å². The molecular formula is C21H27NO3. The summed E-state index contributed by atoms with van der Waals surface area (Å²) < 4.78 is 11.4. The van der Waals surface area contributed by atoms with Crippen LogP contribution in [-0.2, 0) is 16.0 Å². The van der Waals surface area contributed by atoms with E-state index in [9.17, 15) is 4.79 Å². The van der Waals surface area contributed by atoms with E-state index in [-0.39, 0.29) is 11.3 Å². The van der Waals surface area contributed by atoms with Crippen LogP contribution in [0.5, 0.6) is 0 Å². The van der Waals surface area contributed by atoms with E-state index in [2.05, 4.69) is 26.8 Å². The van der Waals surface area contributed by atoms with Crippen molar-refractivity contribution in [2.75, 3.05) is 26.3 Å². The van der Waals surface area contributed by atoms with Gasteiger partial charge in [0.15, 0.2) is 0 Å². The van der Waals surface area contributed by atoms with Crippen LogP contribution in [0.2, 0.25) is 0 Å². The zero-order chi connectivity index (χ0) is 17.6. The highest BCUT2D eigenvalue weighted by molar-refractivity contribution is 5.92. The van der Waals surface area contributed by atoms with E-state index >= 15 is 0 Å². The second-order valence-corrected chi connectivity index (χ2v) is 8.00. The first-order valence-corrected chi connectivity index (χ1v) is 9.31. The third kappa shape index (κ3) is 2.86. The van der Waals surface area contributed by atoms with Gasteiger partial charge in [-0.1, -0.05) is 6.07 Å². The van der Waals surface area contributed by atoms with Gasteiger partial charge >= 0.3 is 0 Å². The Morgan fingerprint density at radius 1 is 1.24 bits per heavy atom. The first kappa shape index (κ1) is 16.6. The van der Waals surface area contributed by atoms with E-state index < -0.39 is 0 Å². The first-order valence-electron chi connectivity index (χ1n) is 9.31. The van der Waals surface area contributed by atoms with Crippen molar-refractivity contribution in [2.24, 2.45) is 5.41 Å². The number of hydrogen-bond donors (Lipinski definition) is 0. The number of nitrogens with zero attached hydrogens (tertiary/aromatic N) is 1. The standard InChI is InChI=1S/C21H27NO3/c1-14-9-15(2)19-17(11-25-20(19)16(14)3)10-18(23)22-7-4-5-21(12-22)6-8-24-13-21/h9,11H,4-8,10,12-13H2,1-3H3. The van der Waals surface area contributed by atoms with Crippen LogP contribution < -0.4 is 0 Å². The Morgan fingerprint density at radius 2 is 2.08 bits per heavy atom. The van der Waals surface area contributed by atoms with Crippen LogP contribution in [0.1, 0.15) is 41.5 Å². The molecule has 1 aromatic heterocycles. The predicted molar refractivity (Wildman–Crippen MR) is 97.8 cm³/mol. The second kappa shape index (κ2) is 6.17. The van der Waals surface area contributed by atoms with E-state index in [1.165, 1.54) is 23.1 Å². The molecule has 134 valence electrons. The molecule has 1 unspecified atom stereocenters. The summed E-state index contributed by atoms with van der Waals surface area (Å²) >= 11 is 0. The number of aryl methyl sites for hydroxylation is 3. The van der Waals surface area contributed by atoms with Crippen LogP contribution in [-0.4, -0.2) is 37.1 Å². The summed E-state index contributed by atoms with van der Waals surface area (Å²) in [7, 11) is 0. The fraction of sp³-hybridized carbons (Fsp3) is 0.571. The molecule has 1 atom stereocenters. The van der Waals surface area contributed by atoms with Crippen molar-refractivity contribution in [2.45, 2.75) is 46.5 Å². The average Bonchev–Trinajstić information content (AvgIpc) is 3.21. The highest BCUT2D eigenvalue weighted by atomic mass is 16.5. The number of ether oxygens (including phenoxy) is 1. The average molecular weight is 341 g/mol. The van der Waals surface area contributed by atoms with Crippen LogP contribution in [0.25, 0.3) is 11.0 Å². The van der Waals surface area contributed by atoms with E-state index in [0.717, 1.165) is 55.7 Å². The lowest BCUT2D eigenvalue weighted by molar-refractivity contribution is -0.134. The lowest BCUT2D eigenvalue weighted by Gasteiger charge is -2.39. The number of likely N-dealkylation sites (tertiary alicyclic amines) is 1. The fourth-order valence-electron chi connectivity index (χ4n) is 4.58. The molecule has 3 heterocycles. The smallest absolute Gasteiger partial charge is 0.227 e. The minimum atomic E-state index is 0.204. The Bertz CT molecular complexity index is 814. The third-order valence-electron chi connectivity index (χ3n) is 6.17. The number of hydrogen-bond acceptors (Lipinski definition) is 3. The van der Waals surface area contributed by atoms with Crippen molar-refractivity contribution in [3.63, 3.8) is 0 Å². The minimum absolute atomic E-state index is 0.204. The summed E-state index contributed by atoms with van der Waals surface area (Å²) in [5.74, 6) is 0.214. The number of piperidine rings is 1. The van der Waals surface area contributed by atoms with Gasteiger partial charge in [-0.25, -0.2) is 0 Å². The molecule has 2 aromatic rings. The lowest BCUT2D eigenvalue weighted by Crippen LogP contribution is -2.47. The summed E-state index contributed by atoms with van der Waals surface area (Å²) in [6, 6.07) is 2.19. The van der Waals surface area contributed by atoms with Gasteiger partial charge in [-0.3, -0.25) is 4.79 Å². The van der Waals surface area contributed by atoms with Gasteiger partial charge < -0.3 is 14.1 Å². The number of rotatable bonds is 2. The molecule has 2 saturated heterocycles. The van der Waals surface area contributed by atoms with E-state index in [1.807, 2.05) is 4.90 Å². The highest BCUT2D eigenvalue weighted by Crippen LogP contribution is 2.38. The van der Waals surface area contributed by atoms with E-state index in [0.29, 0.717) is 6.42 Å². The molecule has 4 nitrogen and oxygen atoms in total. The molecule has 2 fully saturated rings. The lowest BCUT2D eigenvalue weighted by atomic mass is 9.79. The number of carbonyl (C=O) groups is 1. The van der Waals surface area contributed by atoms with Gasteiger partial charge in [0.2, 0.25) is 5.91 Å². The summed E-state index contributed by atoms with van der Waals surface area (Å²) in [6.45, 7) is 9.65. The zero-order valence-electron chi connectivity index (χ0n) is 15.5. The molecule has 1 amide bonds. The Kier molecular flexibility index (Phi) is 4.11. The minimum Gasteiger partial charge on any atom is -0.464 e. The second-order valence-electron chi connectivity index (χ2n) is 8.00. The van der Waals surface area contributed by atoms with Gasteiger partial charge in [-0.05, 0) is 56.7 Å². The largest absolute Gasteiger partial charge is 0.464 e. The van der Waals surface area contributed by atoms with Gasteiger partial charge in [-0.15, -0.1) is 0 Å². The van der Waals surface area contributed by atoms with Crippen LogP contribution >= 0.6 is 0 Å². The molecule has 2 aliphatic heterocycles. The zero-order valence-corrected chi connectivity index (χ0v) is 15.5. The summed E-state index contributed by atoms with van der Waals surface area (Å²) in [6.07, 6.45) is 5.55. The molecule has 0 bridgehead atoms. The molecule has 0 saturated carbocycles. The van der Waals surface area contributed by atoms with Crippen LogP contribution in [0.3, 0.4) is 0 Å². The van der Waals surface area contributed by atoms with Crippen molar-refractivity contribution in [3.8, 4) is 0 Å².